The molecule has 0 atom stereocenters. The lowest BCUT2D eigenvalue weighted by Crippen LogP contribution is -2.38. The highest BCUT2D eigenvalue weighted by Crippen LogP contribution is 2.27. The van der Waals surface area contributed by atoms with Gasteiger partial charge in [0, 0.05) is 31.8 Å². The zero-order valence-electron chi connectivity index (χ0n) is 15.9. The molecule has 3 heterocycles. The van der Waals surface area contributed by atoms with Crippen LogP contribution in [0.3, 0.4) is 0 Å². The van der Waals surface area contributed by atoms with Crippen LogP contribution in [0.15, 0.2) is 47.5 Å². The number of nitrogens with zero attached hydrogens (tertiary/aromatic N) is 4. The molecular formula is C19H21N5O4S. The Hall–Kier alpha value is -2.82. The largest absolute Gasteiger partial charge is 0.383 e. The minimum absolute atomic E-state index is 0.143. The van der Waals surface area contributed by atoms with E-state index in [0.717, 1.165) is 5.39 Å². The third kappa shape index (κ3) is 3.74. The fourth-order valence-corrected chi connectivity index (χ4v) is 4.91. The molecule has 0 aliphatic carbocycles. The van der Waals surface area contributed by atoms with Crippen molar-refractivity contribution in [1.29, 1.82) is 0 Å². The summed E-state index contributed by atoms with van der Waals surface area (Å²) in [5.74, 6) is -0.309. The van der Waals surface area contributed by atoms with E-state index in [2.05, 4.69) is 15.4 Å². The van der Waals surface area contributed by atoms with Gasteiger partial charge in [0.1, 0.15) is 10.6 Å². The Labute approximate surface area is 168 Å². The predicted octanol–water partition coefficient (Wildman–Crippen LogP) is 1.01. The van der Waals surface area contributed by atoms with E-state index >= 15 is 0 Å². The second kappa shape index (κ2) is 7.90. The summed E-state index contributed by atoms with van der Waals surface area (Å²) in [6.07, 6.45) is 1.58. The zero-order valence-corrected chi connectivity index (χ0v) is 16.7. The van der Waals surface area contributed by atoms with E-state index in [0.29, 0.717) is 30.9 Å². The van der Waals surface area contributed by atoms with Gasteiger partial charge in [-0.05, 0) is 18.2 Å². The van der Waals surface area contributed by atoms with E-state index in [1.807, 2.05) is 12.1 Å². The Morgan fingerprint density at radius 1 is 1.24 bits per heavy atom. The molecule has 152 valence electrons. The van der Waals surface area contributed by atoms with Gasteiger partial charge >= 0.3 is 0 Å². The van der Waals surface area contributed by atoms with Crippen molar-refractivity contribution in [2.75, 3.05) is 26.8 Å². The highest BCUT2D eigenvalue weighted by Gasteiger charge is 2.31. The number of ether oxygens (including phenoxy) is 1. The molecule has 1 N–H and O–H groups in total. The summed E-state index contributed by atoms with van der Waals surface area (Å²) in [6.45, 7) is 1.57. The summed E-state index contributed by atoms with van der Waals surface area (Å²) in [7, 11) is -2.19. The normalized spacial score (nSPS) is 14.7. The van der Waals surface area contributed by atoms with Gasteiger partial charge in [-0.3, -0.25) is 14.5 Å². The van der Waals surface area contributed by atoms with Crippen LogP contribution in [0, 0.1) is 0 Å². The molecule has 10 heteroatoms. The van der Waals surface area contributed by atoms with Crippen molar-refractivity contribution in [3.05, 3.63) is 54.0 Å². The first-order valence-electron chi connectivity index (χ1n) is 9.18. The van der Waals surface area contributed by atoms with E-state index in [4.69, 9.17) is 4.74 Å². The van der Waals surface area contributed by atoms with E-state index < -0.39 is 10.0 Å². The van der Waals surface area contributed by atoms with Crippen LogP contribution in [0.25, 0.3) is 10.9 Å². The number of carbonyl (C=O) groups is 1. The molecule has 2 aromatic heterocycles. The Kier molecular flexibility index (Phi) is 5.31. The number of fused-ring (bicyclic) bond motifs is 2. The molecule has 4 rings (SSSR count). The highest BCUT2D eigenvalue weighted by atomic mass is 32.2. The van der Waals surface area contributed by atoms with Crippen LogP contribution in [0.5, 0.6) is 0 Å². The number of hydrogen-bond donors (Lipinski definition) is 1. The van der Waals surface area contributed by atoms with Crippen molar-refractivity contribution in [3.63, 3.8) is 0 Å². The number of nitrogens with one attached hydrogen (secondary N) is 1. The Morgan fingerprint density at radius 2 is 2.07 bits per heavy atom. The van der Waals surface area contributed by atoms with Crippen LogP contribution in [0.1, 0.15) is 16.2 Å². The molecule has 0 fully saturated rings. The predicted molar refractivity (Wildman–Crippen MR) is 106 cm³/mol. The molecule has 0 unspecified atom stereocenters. The number of sulfonamides is 1. The lowest BCUT2D eigenvalue weighted by Gasteiger charge is -2.27. The first kappa shape index (κ1) is 19.5. The molecule has 1 aliphatic heterocycles. The van der Waals surface area contributed by atoms with Crippen molar-refractivity contribution in [3.8, 4) is 0 Å². The van der Waals surface area contributed by atoms with Crippen LogP contribution in [0.4, 0.5) is 0 Å². The zero-order chi connectivity index (χ0) is 20.4. The number of benzene rings is 1. The molecule has 0 saturated heterocycles. The molecule has 0 spiro atoms. The minimum atomic E-state index is -3.75. The lowest BCUT2D eigenvalue weighted by atomic mass is 10.2. The molecule has 29 heavy (non-hydrogen) atoms. The number of para-hydroxylation sites is 1. The molecule has 0 radical (unpaired) electrons. The van der Waals surface area contributed by atoms with E-state index in [1.54, 1.807) is 42.3 Å². The summed E-state index contributed by atoms with van der Waals surface area (Å²) in [4.78, 5) is 16.6. The topological polar surface area (TPSA) is 106 Å². The number of pyridine rings is 1. The standard InChI is InChI=1S/C19H21N5O4S/c1-28-11-8-21-19(25)16-12-15-13-23(9-10-24(15)22-16)29(26,27)17-6-2-4-14-5-3-7-20-18(14)17/h2-7,12H,8-11,13H2,1H3,(H,21,25). The fourth-order valence-electron chi connectivity index (χ4n) is 3.34. The monoisotopic (exact) mass is 415 g/mol. The summed E-state index contributed by atoms with van der Waals surface area (Å²) in [5, 5.41) is 7.78. The third-order valence-corrected chi connectivity index (χ3v) is 6.68. The summed E-state index contributed by atoms with van der Waals surface area (Å²) in [6, 6.07) is 10.4. The Morgan fingerprint density at radius 3 is 2.90 bits per heavy atom. The van der Waals surface area contributed by atoms with Crippen LogP contribution in [0.2, 0.25) is 0 Å². The first-order valence-corrected chi connectivity index (χ1v) is 10.6. The van der Waals surface area contributed by atoms with Gasteiger partial charge in [-0.25, -0.2) is 8.42 Å². The van der Waals surface area contributed by atoms with Crippen molar-refractivity contribution >= 4 is 26.8 Å². The van der Waals surface area contributed by atoms with Crippen molar-refractivity contribution < 1.29 is 17.9 Å². The van der Waals surface area contributed by atoms with Crippen molar-refractivity contribution in [2.45, 2.75) is 18.0 Å². The van der Waals surface area contributed by atoms with Crippen molar-refractivity contribution in [2.24, 2.45) is 0 Å². The van der Waals surface area contributed by atoms with E-state index in [-0.39, 0.29) is 29.6 Å². The minimum Gasteiger partial charge on any atom is -0.383 e. The molecule has 0 bridgehead atoms. The Balaban J connectivity index is 1.58. The number of aromatic nitrogens is 3. The highest BCUT2D eigenvalue weighted by molar-refractivity contribution is 7.89. The maximum absolute atomic E-state index is 13.3. The number of carbonyl (C=O) groups excluding carboxylic acids is 1. The van der Waals surface area contributed by atoms with Crippen LogP contribution in [-0.4, -0.2) is 60.2 Å². The molecule has 1 aromatic carbocycles. The maximum Gasteiger partial charge on any atom is 0.271 e. The third-order valence-electron chi connectivity index (χ3n) is 4.80. The number of amides is 1. The quantitative estimate of drug-likeness (QED) is 0.603. The SMILES string of the molecule is COCCNC(=O)c1cc2n(n1)CCN(S(=O)(=O)c1cccc3cccnc13)C2. The molecular weight excluding hydrogens is 394 g/mol. The van der Waals surface area contributed by atoms with Crippen LogP contribution < -0.4 is 5.32 Å². The molecule has 0 saturated carbocycles. The molecule has 9 nitrogen and oxygen atoms in total. The second-order valence-electron chi connectivity index (χ2n) is 6.66. The summed E-state index contributed by atoms with van der Waals surface area (Å²) in [5.41, 5.74) is 1.39. The average Bonchev–Trinajstić information content (AvgIpc) is 3.17. The maximum atomic E-state index is 13.3. The van der Waals surface area contributed by atoms with E-state index in [9.17, 15) is 13.2 Å². The van der Waals surface area contributed by atoms with Gasteiger partial charge in [0.15, 0.2) is 0 Å². The van der Waals surface area contributed by atoms with Gasteiger partial charge in [-0.15, -0.1) is 0 Å². The number of rotatable bonds is 6. The smallest absolute Gasteiger partial charge is 0.271 e. The number of methoxy groups -OCH3 is 1. The Bertz CT molecular complexity index is 1150. The van der Waals surface area contributed by atoms with Gasteiger partial charge in [0.25, 0.3) is 5.91 Å². The van der Waals surface area contributed by atoms with Crippen molar-refractivity contribution in [1.82, 2.24) is 24.4 Å². The molecule has 1 amide bonds. The summed E-state index contributed by atoms with van der Waals surface area (Å²) >= 11 is 0. The second-order valence-corrected chi connectivity index (χ2v) is 8.57. The van der Waals surface area contributed by atoms with Gasteiger partial charge in [0.05, 0.1) is 30.9 Å². The van der Waals surface area contributed by atoms with Gasteiger partial charge in [0.2, 0.25) is 10.0 Å². The average molecular weight is 415 g/mol. The molecule has 1 aliphatic rings. The first-order chi connectivity index (χ1) is 14.0. The van der Waals surface area contributed by atoms with Crippen LogP contribution >= 0.6 is 0 Å². The van der Waals surface area contributed by atoms with E-state index in [1.165, 1.54) is 4.31 Å². The van der Waals surface area contributed by atoms with Gasteiger partial charge in [-0.2, -0.15) is 9.40 Å². The summed E-state index contributed by atoms with van der Waals surface area (Å²) < 4.78 is 34.6. The van der Waals surface area contributed by atoms with Gasteiger partial charge in [-0.1, -0.05) is 18.2 Å². The molecule has 3 aromatic rings. The van der Waals surface area contributed by atoms with Crippen LogP contribution in [-0.2, 0) is 27.8 Å². The fraction of sp³-hybridized carbons (Fsp3) is 0.316. The number of hydrogen-bond acceptors (Lipinski definition) is 6. The van der Waals surface area contributed by atoms with Gasteiger partial charge < -0.3 is 10.1 Å². The lowest BCUT2D eigenvalue weighted by molar-refractivity contribution is 0.0931.